The first kappa shape index (κ1) is 14.3. The molecule has 106 valence electrons. The third kappa shape index (κ3) is 3.91. The van der Waals surface area contributed by atoms with Crippen molar-refractivity contribution in [2.75, 3.05) is 6.54 Å². The number of phenols is 1. The lowest BCUT2D eigenvalue weighted by molar-refractivity contribution is 0.0997. The lowest BCUT2D eigenvalue weighted by Gasteiger charge is -2.27. The second kappa shape index (κ2) is 6.35. The van der Waals surface area contributed by atoms with Crippen molar-refractivity contribution in [3.05, 3.63) is 29.6 Å². The fourth-order valence-corrected chi connectivity index (χ4v) is 2.78. The zero-order chi connectivity index (χ0) is 13.8. The largest absolute Gasteiger partial charge is 0.508 e. The van der Waals surface area contributed by atoms with Gasteiger partial charge in [0, 0.05) is 17.7 Å². The summed E-state index contributed by atoms with van der Waals surface area (Å²) in [6, 6.07) is 4.08. The van der Waals surface area contributed by atoms with E-state index < -0.39 is 5.82 Å². The summed E-state index contributed by atoms with van der Waals surface area (Å²) in [5.74, 6) is 0.0429. The van der Waals surface area contributed by atoms with Crippen LogP contribution in [-0.4, -0.2) is 22.9 Å². The predicted molar refractivity (Wildman–Crippen MR) is 72.4 cm³/mol. The molecule has 1 aromatic carbocycles. The molecule has 0 radical (unpaired) electrons. The van der Waals surface area contributed by atoms with Gasteiger partial charge >= 0.3 is 0 Å². The van der Waals surface area contributed by atoms with Gasteiger partial charge in [0.05, 0.1) is 6.10 Å². The van der Waals surface area contributed by atoms with E-state index in [1.807, 2.05) is 6.92 Å². The van der Waals surface area contributed by atoms with Crippen LogP contribution >= 0.6 is 0 Å². The van der Waals surface area contributed by atoms with Crippen molar-refractivity contribution >= 4 is 0 Å². The smallest absolute Gasteiger partial charge is 0.126 e. The van der Waals surface area contributed by atoms with E-state index in [2.05, 4.69) is 5.32 Å². The quantitative estimate of drug-likeness (QED) is 0.786. The first-order valence-electron chi connectivity index (χ1n) is 6.96. The number of aliphatic hydroxyl groups excluding tert-OH is 1. The van der Waals surface area contributed by atoms with Crippen molar-refractivity contribution in [1.82, 2.24) is 5.32 Å². The molecule has 1 aliphatic rings. The fraction of sp³-hybridized carbons (Fsp3) is 0.600. The zero-order valence-corrected chi connectivity index (χ0v) is 11.3. The van der Waals surface area contributed by atoms with E-state index in [9.17, 15) is 14.6 Å². The van der Waals surface area contributed by atoms with Crippen LogP contribution in [0.1, 0.15) is 44.2 Å². The Bertz CT molecular complexity index is 425. The number of phenolic OH excluding ortho intramolecular Hbond substituents is 1. The molecular weight excluding hydrogens is 245 g/mol. The van der Waals surface area contributed by atoms with Crippen LogP contribution in [-0.2, 0) is 0 Å². The molecule has 19 heavy (non-hydrogen) atoms. The van der Waals surface area contributed by atoms with Crippen LogP contribution in [0.25, 0.3) is 0 Å². The molecule has 1 fully saturated rings. The standard InChI is InChI=1S/C15H22FNO2/c1-10(14-6-5-12(16)8-15(14)19)17-9-11-3-2-4-13(18)7-11/h5-6,8,10-11,13,17-19H,2-4,7,9H2,1H3. The molecule has 4 heteroatoms. The van der Waals surface area contributed by atoms with Crippen molar-refractivity contribution in [1.29, 1.82) is 0 Å². The van der Waals surface area contributed by atoms with Crippen molar-refractivity contribution in [2.45, 2.75) is 44.8 Å². The number of rotatable bonds is 4. The molecule has 0 bridgehead atoms. The van der Waals surface area contributed by atoms with Gasteiger partial charge in [-0.2, -0.15) is 0 Å². The first-order chi connectivity index (χ1) is 9.06. The predicted octanol–water partition coefficient (Wildman–Crippen LogP) is 2.73. The molecule has 0 aromatic heterocycles. The molecule has 0 aliphatic heterocycles. The molecule has 0 spiro atoms. The summed E-state index contributed by atoms with van der Waals surface area (Å²) in [7, 11) is 0. The van der Waals surface area contributed by atoms with Gasteiger partial charge in [-0.05, 0) is 44.7 Å². The van der Waals surface area contributed by atoms with Crippen LogP contribution < -0.4 is 5.32 Å². The Morgan fingerprint density at radius 2 is 2.21 bits per heavy atom. The van der Waals surface area contributed by atoms with Gasteiger partial charge in [-0.25, -0.2) is 4.39 Å². The molecule has 1 aliphatic carbocycles. The van der Waals surface area contributed by atoms with Crippen molar-refractivity contribution in [2.24, 2.45) is 5.92 Å². The summed E-state index contributed by atoms with van der Waals surface area (Å²) in [5.41, 5.74) is 0.706. The fourth-order valence-electron chi connectivity index (χ4n) is 2.78. The lowest BCUT2D eigenvalue weighted by atomic mass is 9.87. The molecule has 1 saturated carbocycles. The maximum absolute atomic E-state index is 12.9. The maximum atomic E-state index is 12.9. The molecule has 3 atom stereocenters. The molecule has 0 saturated heterocycles. The average molecular weight is 267 g/mol. The van der Waals surface area contributed by atoms with Crippen LogP contribution in [0.15, 0.2) is 18.2 Å². The van der Waals surface area contributed by atoms with E-state index in [0.29, 0.717) is 11.5 Å². The minimum Gasteiger partial charge on any atom is -0.508 e. The summed E-state index contributed by atoms with van der Waals surface area (Å²) in [5, 5.41) is 22.7. The molecule has 0 heterocycles. The molecule has 3 unspecified atom stereocenters. The van der Waals surface area contributed by atoms with Gasteiger partial charge in [-0.3, -0.25) is 0 Å². The summed E-state index contributed by atoms with van der Waals surface area (Å²) >= 11 is 0. The van der Waals surface area contributed by atoms with Crippen molar-refractivity contribution < 1.29 is 14.6 Å². The molecule has 3 N–H and O–H groups in total. The van der Waals surface area contributed by atoms with E-state index in [1.165, 1.54) is 6.07 Å². The van der Waals surface area contributed by atoms with Gasteiger partial charge in [-0.15, -0.1) is 0 Å². The van der Waals surface area contributed by atoms with E-state index in [4.69, 9.17) is 0 Å². The second-order valence-electron chi connectivity index (χ2n) is 5.52. The van der Waals surface area contributed by atoms with E-state index >= 15 is 0 Å². The van der Waals surface area contributed by atoms with Gasteiger partial charge in [-0.1, -0.05) is 12.5 Å². The Balaban J connectivity index is 1.88. The number of aromatic hydroxyl groups is 1. The maximum Gasteiger partial charge on any atom is 0.126 e. The Morgan fingerprint density at radius 1 is 1.42 bits per heavy atom. The third-order valence-electron chi connectivity index (χ3n) is 3.93. The van der Waals surface area contributed by atoms with Crippen molar-refractivity contribution in [3.63, 3.8) is 0 Å². The second-order valence-corrected chi connectivity index (χ2v) is 5.52. The van der Waals surface area contributed by atoms with Crippen LogP contribution in [0.3, 0.4) is 0 Å². The highest BCUT2D eigenvalue weighted by Crippen LogP contribution is 2.27. The summed E-state index contributed by atoms with van der Waals surface area (Å²) in [6.07, 6.45) is 3.78. The summed E-state index contributed by atoms with van der Waals surface area (Å²) in [6.45, 7) is 2.77. The Kier molecular flexibility index (Phi) is 4.77. The van der Waals surface area contributed by atoms with E-state index in [0.717, 1.165) is 38.3 Å². The highest BCUT2D eigenvalue weighted by molar-refractivity contribution is 5.34. The minimum atomic E-state index is -0.427. The number of hydrogen-bond acceptors (Lipinski definition) is 3. The molecule has 0 amide bonds. The Morgan fingerprint density at radius 3 is 2.89 bits per heavy atom. The van der Waals surface area contributed by atoms with Crippen LogP contribution in [0.2, 0.25) is 0 Å². The SMILES string of the molecule is CC(NCC1CCCC(O)C1)c1ccc(F)cc1O. The molecular formula is C15H22FNO2. The highest BCUT2D eigenvalue weighted by Gasteiger charge is 2.21. The number of benzene rings is 1. The van der Waals surface area contributed by atoms with Crippen LogP contribution in [0.4, 0.5) is 4.39 Å². The third-order valence-corrected chi connectivity index (χ3v) is 3.93. The van der Waals surface area contributed by atoms with Gasteiger partial charge < -0.3 is 15.5 Å². The number of aliphatic hydroxyl groups is 1. The monoisotopic (exact) mass is 267 g/mol. The Hall–Kier alpha value is -1.13. The van der Waals surface area contributed by atoms with Gasteiger partial charge in [0.15, 0.2) is 0 Å². The zero-order valence-electron chi connectivity index (χ0n) is 11.3. The van der Waals surface area contributed by atoms with Gasteiger partial charge in [0.2, 0.25) is 0 Å². The first-order valence-corrected chi connectivity index (χ1v) is 6.96. The number of halogens is 1. The van der Waals surface area contributed by atoms with E-state index in [1.54, 1.807) is 6.07 Å². The highest BCUT2D eigenvalue weighted by atomic mass is 19.1. The normalized spacial score (nSPS) is 25.2. The summed E-state index contributed by atoms with van der Waals surface area (Å²) < 4.78 is 12.9. The molecule has 2 rings (SSSR count). The van der Waals surface area contributed by atoms with Crippen LogP contribution in [0.5, 0.6) is 5.75 Å². The van der Waals surface area contributed by atoms with Gasteiger partial charge in [0.25, 0.3) is 0 Å². The summed E-state index contributed by atoms with van der Waals surface area (Å²) in [4.78, 5) is 0. The average Bonchev–Trinajstić information content (AvgIpc) is 2.36. The van der Waals surface area contributed by atoms with Gasteiger partial charge in [0.1, 0.15) is 11.6 Å². The lowest BCUT2D eigenvalue weighted by Crippen LogP contribution is -2.30. The Labute approximate surface area is 113 Å². The van der Waals surface area contributed by atoms with E-state index in [-0.39, 0.29) is 17.9 Å². The topological polar surface area (TPSA) is 52.5 Å². The van der Waals surface area contributed by atoms with Crippen molar-refractivity contribution in [3.8, 4) is 5.75 Å². The molecule has 1 aromatic rings. The minimum absolute atomic E-state index is 0.0105. The number of nitrogens with one attached hydrogen (secondary N) is 1. The van der Waals surface area contributed by atoms with Crippen LogP contribution in [0, 0.1) is 11.7 Å². The number of hydrogen-bond donors (Lipinski definition) is 3. The molecule has 3 nitrogen and oxygen atoms in total.